The second-order valence-electron chi connectivity index (χ2n) is 4.40. The van der Waals surface area contributed by atoms with Crippen LogP contribution in [0.15, 0.2) is 48.1 Å². The van der Waals surface area contributed by atoms with E-state index in [0.717, 1.165) is 27.6 Å². The number of hydrogen-bond acceptors (Lipinski definition) is 5. The third-order valence-electron chi connectivity index (χ3n) is 2.91. The van der Waals surface area contributed by atoms with Gasteiger partial charge in [-0.1, -0.05) is 27.7 Å². The van der Waals surface area contributed by atoms with E-state index in [-0.39, 0.29) is 0 Å². The van der Waals surface area contributed by atoms with Crippen molar-refractivity contribution in [2.24, 2.45) is 7.05 Å². The largest absolute Gasteiger partial charge is 0.467 e. The van der Waals surface area contributed by atoms with Crippen LogP contribution < -0.4 is 0 Å². The van der Waals surface area contributed by atoms with Gasteiger partial charge >= 0.3 is 0 Å². The van der Waals surface area contributed by atoms with E-state index in [2.05, 4.69) is 19.9 Å². The van der Waals surface area contributed by atoms with Gasteiger partial charge in [-0.3, -0.25) is 0 Å². The topological polar surface area (TPSA) is 69.6 Å². The van der Waals surface area contributed by atoms with Crippen molar-refractivity contribution in [2.45, 2.75) is 34.6 Å². The van der Waals surface area contributed by atoms with Crippen molar-refractivity contribution in [3.05, 3.63) is 49.5 Å². The van der Waals surface area contributed by atoms with Crippen LogP contribution in [0.2, 0.25) is 0 Å². The van der Waals surface area contributed by atoms with Gasteiger partial charge in [0.25, 0.3) is 0 Å². The fraction of sp³-hybridized carbons (Fsp3) is 0.333. The van der Waals surface area contributed by atoms with Gasteiger partial charge in [-0.2, -0.15) is 0 Å². The smallest absolute Gasteiger partial charge is 0.117 e. The van der Waals surface area contributed by atoms with Crippen LogP contribution in [0.5, 0.6) is 0 Å². The van der Waals surface area contributed by atoms with Crippen LogP contribution in [0.25, 0.3) is 21.8 Å². The third kappa shape index (κ3) is 4.87. The maximum atomic E-state index is 5.11. The molecule has 0 aliphatic heterocycles. The van der Waals surface area contributed by atoms with E-state index in [1.54, 1.807) is 18.8 Å². The number of rotatable bonds is 0. The van der Waals surface area contributed by atoms with Gasteiger partial charge in [0.15, 0.2) is 0 Å². The third-order valence-corrected chi connectivity index (χ3v) is 2.91. The number of aromatic nitrogens is 5. The highest BCUT2D eigenvalue weighted by Gasteiger charge is 1.99. The van der Waals surface area contributed by atoms with E-state index in [1.165, 1.54) is 6.33 Å². The molecule has 0 saturated carbocycles. The van der Waals surface area contributed by atoms with Gasteiger partial charge in [0, 0.05) is 37.2 Å². The van der Waals surface area contributed by atoms with Crippen LogP contribution in [0.4, 0.5) is 0 Å². The molecule has 0 unspecified atom stereocenters. The highest BCUT2D eigenvalue weighted by atomic mass is 16.3. The zero-order valence-electron chi connectivity index (χ0n) is 15.2. The minimum atomic E-state index is 0.868. The summed E-state index contributed by atoms with van der Waals surface area (Å²) < 4.78 is 7.08. The van der Waals surface area contributed by atoms with E-state index in [9.17, 15) is 0 Å². The zero-order valence-corrected chi connectivity index (χ0v) is 15.2. The molecule has 4 rings (SSSR count). The minimum absolute atomic E-state index is 0.868. The monoisotopic (exact) mass is 327 g/mol. The van der Waals surface area contributed by atoms with Crippen LogP contribution in [0.1, 0.15) is 33.5 Å². The quantitative estimate of drug-likeness (QED) is 0.474. The summed E-state index contributed by atoms with van der Waals surface area (Å²) in [5, 5.41) is 2.08. The molecule has 0 atom stereocenters. The molecular weight excluding hydrogens is 302 g/mol. The van der Waals surface area contributed by atoms with Crippen molar-refractivity contribution >= 4 is 21.8 Å². The molecule has 0 radical (unpaired) electrons. The van der Waals surface area contributed by atoms with Gasteiger partial charge < -0.3 is 8.98 Å². The molecule has 4 heterocycles. The lowest BCUT2D eigenvalue weighted by atomic mass is 10.3. The predicted molar refractivity (Wildman–Crippen MR) is 97.7 cm³/mol. The first kappa shape index (κ1) is 19.3. The Bertz CT molecular complexity index is 809. The van der Waals surface area contributed by atoms with E-state index >= 15 is 0 Å². The molecule has 0 saturated heterocycles. The molecule has 6 heteroatoms. The van der Waals surface area contributed by atoms with Gasteiger partial charge in [-0.05, 0) is 6.92 Å². The van der Waals surface area contributed by atoms with Crippen molar-refractivity contribution in [2.75, 3.05) is 0 Å². The van der Waals surface area contributed by atoms with E-state index in [1.807, 2.05) is 64.8 Å². The second-order valence-corrected chi connectivity index (χ2v) is 4.40. The van der Waals surface area contributed by atoms with Crippen molar-refractivity contribution in [3.63, 3.8) is 0 Å². The normalized spacial score (nSPS) is 9.25. The van der Waals surface area contributed by atoms with E-state index < -0.39 is 0 Å². The molecule has 0 aliphatic rings. The van der Waals surface area contributed by atoms with Gasteiger partial charge in [0.05, 0.1) is 10.9 Å². The predicted octanol–water partition coefficient (Wildman–Crippen LogP) is 4.55. The number of furan rings is 1. The molecule has 0 spiro atoms. The highest BCUT2D eigenvalue weighted by molar-refractivity contribution is 5.78. The van der Waals surface area contributed by atoms with Gasteiger partial charge in [0.1, 0.15) is 30.2 Å². The fourth-order valence-corrected chi connectivity index (χ4v) is 1.92. The average molecular weight is 327 g/mol. The van der Waals surface area contributed by atoms with Crippen LogP contribution >= 0.6 is 0 Å². The summed E-state index contributed by atoms with van der Waals surface area (Å²) in [6.45, 7) is 9.89. The van der Waals surface area contributed by atoms with Gasteiger partial charge in [0.2, 0.25) is 0 Å². The minimum Gasteiger partial charge on any atom is -0.467 e. The molecule has 0 N–H and O–H groups in total. The molecule has 4 aromatic heterocycles. The Labute approximate surface area is 142 Å². The summed E-state index contributed by atoms with van der Waals surface area (Å²) in [4.78, 5) is 15.8. The summed E-state index contributed by atoms with van der Waals surface area (Å²) >= 11 is 0. The zero-order chi connectivity index (χ0) is 17.9. The summed E-state index contributed by atoms with van der Waals surface area (Å²) in [6, 6.07) is 0. The lowest BCUT2D eigenvalue weighted by molar-refractivity contribution is 0.539. The van der Waals surface area contributed by atoms with Crippen molar-refractivity contribution in [1.82, 2.24) is 24.5 Å². The molecule has 24 heavy (non-hydrogen) atoms. The van der Waals surface area contributed by atoms with E-state index in [4.69, 9.17) is 4.42 Å². The molecule has 0 aliphatic carbocycles. The van der Waals surface area contributed by atoms with Crippen LogP contribution in [-0.4, -0.2) is 24.5 Å². The molecule has 0 bridgehead atoms. The molecular formula is C18H25N5O. The van der Waals surface area contributed by atoms with Crippen LogP contribution in [0.3, 0.4) is 0 Å². The first-order valence-corrected chi connectivity index (χ1v) is 8.09. The molecule has 128 valence electrons. The summed E-state index contributed by atoms with van der Waals surface area (Å²) in [5.41, 5.74) is 1.87. The summed E-state index contributed by atoms with van der Waals surface area (Å²) in [7, 11) is 1.97. The average Bonchev–Trinajstić information content (AvgIpc) is 3.21. The maximum absolute atomic E-state index is 5.11. The Morgan fingerprint density at radius 2 is 1.50 bits per heavy atom. The van der Waals surface area contributed by atoms with Crippen LogP contribution in [0, 0.1) is 6.92 Å². The molecule has 6 nitrogen and oxygen atoms in total. The standard InChI is InChI=1S/C7H7N3.C7H6N2O.2C2H6/c1-10-3-6-2-8-5-9-7(6)4-10;1-5-6-2-8-4-9-7(6)3-10-5;2*1-2/h2-5H,1H3;2-4H,1H3;2*1-2H3. The number of nitrogens with zero attached hydrogens (tertiary/aromatic N) is 5. The van der Waals surface area contributed by atoms with Crippen LogP contribution in [-0.2, 0) is 7.05 Å². The Morgan fingerprint density at radius 1 is 0.875 bits per heavy atom. The molecule has 0 amide bonds. The van der Waals surface area contributed by atoms with Gasteiger partial charge in [-0.25, -0.2) is 19.9 Å². The lowest BCUT2D eigenvalue weighted by Crippen LogP contribution is -1.76. The number of fused-ring (bicyclic) bond motifs is 2. The van der Waals surface area contributed by atoms with Crippen molar-refractivity contribution < 1.29 is 4.42 Å². The summed E-state index contributed by atoms with van der Waals surface area (Å²) in [5.74, 6) is 0.871. The Morgan fingerprint density at radius 3 is 2.12 bits per heavy atom. The van der Waals surface area contributed by atoms with Crippen molar-refractivity contribution in [1.29, 1.82) is 0 Å². The molecule has 0 fully saturated rings. The van der Waals surface area contributed by atoms with E-state index in [0.29, 0.717) is 0 Å². The van der Waals surface area contributed by atoms with Gasteiger partial charge in [-0.15, -0.1) is 0 Å². The summed E-state index contributed by atoms with van der Waals surface area (Å²) in [6.07, 6.45) is 12.2. The Kier molecular flexibility index (Phi) is 8.11. The van der Waals surface area contributed by atoms with Crippen molar-refractivity contribution in [3.8, 4) is 0 Å². The first-order chi connectivity index (χ1) is 11.7. The maximum Gasteiger partial charge on any atom is 0.117 e. The Balaban J connectivity index is 0.000000199. The molecule has 4 aromatic rings. The number of aryl methyl sites for hydroxylation is 2. The molecule has 0 aromatic carbocycles. The lowest BCUT2D eigenvalue weighted by Gasteiger charge is -1.83. The highest BCUT2D eigenvalue weighted by Crippen LogP contribution is 2.15. The SMILES string of the molecule is CC.CC.Cc1occ2ncncc12.Cn1cc2cncnc2c1. The first-order valence-electron chi connectivity index (χ1n) is 8.09. The second kappa shape index (κ2) is 10.1. The fourth-order valence-electron chi connectivity index (χ4n) is 1.92. The number of hydrogen-bond donors (Lipinski definition) is 0. The Hall–Kier alpha value is -2.76.